The van der Waals surface area contributed by atoms with Crippen molar-refractivity contribution >= 4 is 56.6 Å². The number of hydrogen-bond acceptors (Lipinski definition) is 3. The Bertz CT molecular complexity index is 770. The lowest BCUT2D eigenvalue weighted by Crippen LogP contribution is -2.29. The van der Waals surface area contributed by atoms with Crippen LogP contribution in [-0.4, -0.2) is 28.4 Å². The Morgan fingerprint density at radius 3 is 2.38 bits per heavy atom. The summed E-state index contributed by atoms with van der Waals surface area (Å²) in [5.74, 6) is -1.78. The van der Waals surface area contributed by atoms with E-state index in [0.717, 1.165) is 21.2 Å². The summed E-state index contributed by atoms with van der Waals surface area (Å²) in [6.07, 6.45) is 0.797. The van der Waals surface area contributed by atoms with Crippen molar-refractivity contribution in [2.45, 2.75) is 43.4 Å². The molecule has 26 heavy (non-hydrogen) atoms. The zero-order chi connectivity index (χ0) is 19.2. The Morgan fingerprint density at radius 2 is 1.85 bits per heavy atom. The van der Waals surface area contributed by atoms with Gasteiger partial charge >= 0.3 is 0 Å². The number of carbonyl (C=O) groups is 3. The molecule has 0 aliphatic heterocycles. The third-order valence-corrected chi connectivity index (χ3v) is 6.62. The van der Waals surface area contributed by atoms with Gasteiger partial charge in [0.2, 0.25) is 5.91 Å². The molecule has 1 aromatic rings. The second kappa shape index (κ2) is 7.25. The van der Waals surface area contributed by atoms with E-state index in [-0.39, 0.29) is 36.2 Å². The molecule has 2 saturated carbocycles. The van der Waals surface area contributed by atoms with Gasteiger partial charge in [0.05, 0.1) is 0 Å². The number of carbonyl (C=O) groups excluding carboxylic acids is 3. The van der Waals surface area contributed by atoms with E-state index in [4.69, 9.17) is 23.2 Å². The Labute approximate surface area is 171 Å². The summed E-state index contributed by atoms with van der Waals surface area (Å²) in [6, 6.07) is 3.81. The summed E-state index contributed by atoms with van der Waals surface area (Å²) in [7, 11) is 0. The van der Waals surface area contributed by atoms with Gasteiger partial charge < -0.3 is 5.32 Å². The lowest BCUT2D eigenvalue weighted by molar-refractivity contribution is -0.128. The summed E-state index contributed by atoms with van der Waals surface area (Å²) in [5, 5.41) is 2.77. The van der Waals surface area contributed by atoms with Crippen molar-refractivity contribution in [3.8, 4) is 0 Å². The fourth-order valence-corrected chi connectivity index (χ4v) is 4.95. The highest BCUT2D eigenvalue weighted by Gasteiger charge is 2.51. The molecule has 3 unspecified atom stereocenters. The van der Waals surface area contributed by atoms with Crippen LogP contribution in [0, 0.1) is 25.7 Å². The fraction of sp³-hybridized carbons (Fsp3) is 0.526. The number of hydrogen-bond donors (Lipinski definition) is 1. The first kappa shape index (κ1) is 19.8. The number of benzene rings is 1. The quantitative estimate of drug-likeness (QED) is 0.533. The maximum absolute atomic E-state index is 12.8. The summed E-state index contributed by atoms with van der Waals surface area (Å²) in [6.45, 7) is 4.19. The van der Waals surface area contributed by atoms with E-state index in [0.29, 0.717) is 13.0 Å². The van der Waals surface area contributed by atoms with Gasteiger partial charge in [-0.05, 0) is 49.1 Å². The van der Waals surface area contributed by atoms with Crippen LogP contribution in [-0.2, 0) is 14.4 Å². The maximum Gasteiger partial charge on any atom is 0.220 e. The van der Waals surface area contributed by atoms with E-state index in [1.807, 2.05) is 26.0 Å². The lowest BCUT2D eigenvalue weighted by atomic mass is 9.87. The topological polar surface area (TPSA) is 63.2 Å². The standard InChI is InChI=1S/C19H20BrCl2NO3/c1-9-3-13(20)4-10(2)16(9)17-14(24)5-11(18(17)26)6-15(25)23-8-12-7-19(12,21)22/h3-4,11-12,17H,5-8H2,1-2H3,(H,23,25). The molecular formula is C19H20BrCl2NO3. The second-order valence-corrected chi connectivity index (χ2v) is 9.78. The summed E-state index contributed by atoms with van der Waals surface area (Å²) in [4.78, 5) is 37.5. The van der Waals surface area contributed by atoms with Crippen LogP contribution in [0.3, 0.4) is 0 Å². The molecule has 7 heteroatoms. The highest BCUT2D eigenvalue weighted by molar-refractivity contribution is 9.10. The average Bonchev–Trinajstić information content (AvgIpc) is 3.05. The van der Waals surface area contributed by atoms with Gasteiger partial charge in [-0.3, -0.25) is 14.4 Å². The van der Waals surface area contributed by atoms with Gasteiger partial charge in [0.25, 0.3) is 0 Å². The number of amides is 1. The minimum atomic E-state index is -0.761. The molecular weight excluding hydrogens is 441 g/mol. The Balaban J connectivity index is 1.66. The van der Waals surface area contributed by atoms with Crippen LogP contribution >= 0.6 is 39.1 Å². The molecule has 2 aliphatic rings. The van der Waals surface area contributed by atoms with Crippen molar-refractivity contribution < 1.29 is 14.4 Å². The van der Waals surface area contributed by atoms with Crippen LogP contribution in [0.25, 0.3) is 0 Å². The maximum atomic E-state index is 12.8. The molecule has 2 aliphatic carbocycles. The number of rotatable bonds is 5. The number of nitrogens with one attached hydrogen (secondary N) is 1. The van der Waals surface area contributed by atoms with Crippen LogP contribution in [0.5, 0.6) is 0 Å². The molecule has 140 valence electrons. The molecule has 3 rings (SSSR count). The molecule has 4 nitrogen and oxygen atoms in total. The van der Waals surface area contributed by atoms with Gasteiger partial charge in [-0.1, -0.05) is 15.9 Å². The third-order valence-electron chi connectivity index (χ3n) is 5.24. The molecule has 3 atom stereocenters. The first-order valence-electron chi connectivity index (χ1n) is 8.57. The van der Waals surface area contributed by atoms with E-state index >= 15 is 0 Å². The zero-order valence-electron chi connectivity index (χ0n) is 14.6. The molecule has 0 spiro atoms. The predicted octanol–water partition coefficient (Wildman–Crippen LogP) is 4.01. The largest absolute Gasteiger partial charge is 0.356 e. The Hall–Kier alpha value is -0.910. The monoisotopic (exact) mass is 459 g/mol. The lowest BCUT2D eigenvalue weighted by Gasteiger charge is -2.16. The van der Waals surface area contributed by atoms with Gasteiger partial charge in [-0.2, -0.15) is 0 Å². The number of Topliss-reactive ketones (excluding diaryl/α,β-unsaturated/α-hetero) is 2. The predicted molar refractivity (Wildman–Crippen MR) is 105 cm³/mol. The molecule has 0 saturated heterocycles. The summed E-state index contributed by atoms with van der Waals surface area (Å²) >= 11 is 15.3. The van der Waals surface area contributed by atoms with Crippen LogP contribution in [0.1, 0.15) is 41.9 Å². The number of alkyl halides is 2. The van der Waals surface area contributed by atoms with Gasteiger partial charge in [-0.25, -0.2) is 0 Å². The molecule has 0 bridgehead atoms. The minimum Gasteiger partial charge on any atom is -0.356 e. The highest BCUT2D eigenvalue weighted by Crippen LogP contribution is 2.52. The second-order valence-electron chi connectivity index (χ2n) is 7.33. The van der Waals surface area contributed by atoms with Crippen molar-refractivity contribution in [1.29, 1.82) is 0 Å². The number of halogens is 3. The summed E-state index contributed by atoms with van der Waals surface area (Å²) < 4.78 is 0.175. The molecule has 0 radical (unpaired) electrons. The third kappa shape index (κ3) is 4.00. The number of aryl methyl sites for hydroxylation is 2. The van der Waals surface area contributed by atoms with Gasteiger partial charge in [0.1, 0.15) is 16.0 Å². The van der Waals surface area contributed by atoms with Crippen molar-refractivity contribution in [3.05, 3.63) is 33.3 Å². The van der Waals surface area contributed by atoms with E-state index < -0.39 is 16.2 Å². The smallest absolute Gasteiger partial charge is 0.220 e. The van der Waals surface area contributed by atoms with Crippen LogP contribution in [0.2, 0.25) is 0 Å². The average molecular weight is 461 g/mol. The van der Waals surface area contributed by atoms with Crippen molar-refractivity contribution in [2.75, 3.05) is 6.54 Å². The van der Waals surface area contributed by atoms with E-state index in [1.54, 1.807) is 0 Å². The van der Waals surface area contributed by atoms with Gasteiger partial charge in [-0.15, -0.1) is 23.2 Å². The molecule has 0 aromatic heterocycles. The zero-order valence-corrected chi connectivity index (χ0v) is 17.7. The SMILES string of the molecule is Cc1cc(Br)cc(C)c1C1C(=O)CC(CC(=O)NCC2CC2(Cl)Cl)C1=O. The summed E-state index contributed by atoms with van der Waals surface area (Å²) in [5.41, 5.74) is 2.59. The fourth-order valence-electron chi connectivity index (χ4n) is 3.73. The van der Waals surface area contributed by atoms with E-state index in [9.17, 15) is 14.4 Å². The van der Waals surface area contributed by atoms with Crippen molar-refractivity contribution in [1.82, 2.24) is 5.32 Å². The van der Waals surface area contributed by atoms with E-state index in [2.05, 4.69) is 21.2 Å². The van der Waals surface area contributed by atoms with E-state index in [1.165, 1.54) is 0 Å². The first-order chi connectivity index (χ1) is 12.1. The van der Waals surface area contributed by atoms with Crippen LogP contribution < -0.4 is 5.32 Å². The molecule has 1 aromatic carbocycles. The van der Waals surface area contributed by atoms with Gasteiger partial charge in [0, 0.05) is 35.7 Å². The molecule has 2 fully saturated rings. The van der Waals surface area contributed by atoms with Crippen LogP contribution in [0.4, 0.5) is 0 Å². The molecule has 1 amide bonds. The van der Waals surface area contributed by atoms with Gasteiger partial charge in [0.15, 0.2) is 5.78 Å². The van der Waals surface area contributed by atoms with Crippen molar-refractivity contribution in [3.63, 3.8) is 0 Å². The Morgan fingerprint density at radius 1 is 1.27 bits per heavy atom. The molecule has 1 N–H and O–H groups in total. The number of ketones is 2. The van der Waals surface area contributed by atoms with Crippen LogP contribution in [0.15, 0.2) is 16.6 Å². The highest BCUT2D eigenvalue weighted by atomic mass is 79.9. The first-order valence-corrected chi connectivity index (χ1v) is 10.1. The minimum absolute atomic E-state index is 0.0278. The van der Waals surface area contributed by atoms with Crippen molar-refractivity contribution in [2.24, 2.45) is 11.8 Å². The normalized spacial score (nSPS) is 26.9. The molecule has 0 heterocycles. The Kier molecular flexibility index (Phi) is 5.53.